The van der Waals surface area contributed by atoms with E-state index < -0.39 is 0 Å². The van der Waals surface area contributed by atoms with Crippen LogP contribution in [-0.4, -0.2) is 16.5 Å². The van der Waals surface area contributed by atoms with E-state index in [1.807, 2.05) is 6.92 Å². The third-order valence-corrected chi connectivity index (χ3v) is 1.62. The van der Waals surface area contributed by atoms with E-state index in [1.165, 1.54) is 0 Å². The Balaban J connectivity index is 2.83. The van der Waals surface area contributed by atoms with Gasteiger partial charge in [0.15, 0.2) is 0 Å². The molecule has 4 heteroatoms. The molecular formula is C9H10ClN3. The van der Waals surface area contributed by atoms with Gasteiger partial charge in [-0.1, -0.05) is 24.4 Å². The highest BCUT2D eigenvalue weighted by Crippen LogP contribution is 2.11. The Hall–Kier alpha value is -1.27. The fourth-order valence-corrected chi connectivity index (χ4v) is 1.06. The fourth-order valence-electron chi connectivity index (χ4n) is 0.855. The summed E-state index contributed by atoms with van der Waals surface area (Å²) in [6.45, 7) is 2.41. The van der Waals surface area contributed by atoms with E-state index in [0.717, 1.165) is 6.42 Å². The number of hydrogen-bond donors (Lipinski definition) is 1. The number of nitrogens with one attached hydrogen (secondary N) is 1. The third-order valence-electron chi connectivity index (χ3n) is 1.43. The first-order valence-electron chi connectivity index (χ1n) is 3.97. The first-order valence-corrected chi connectivity index (χ1v) is 4.35. The quantitative estimate of drug-likeness (QED) is 0.590. The highest BCUT2D eigenvalue weighted by molar-refractivity contribution is 6.29. The third kappa shape index (κ3) is 2.92. The molecule has 1 heterocycles. The molecule has 1 N–H and O–H groups in total. The maximum atomic E-state index is 5.76. The molecule has 0 saturated carbocycles. The van der Waals surface area contributed by atoms with Gasteiger partial charge in [0, 0.05) is 12.5 Å². The van der Waals surface area contributed by atoms with Crippen LogP contribution in [0.4, 0.5) is 5.82 Å². The highest BCUT2D eigenvalue weighted by Gasteiger charge is 1.99. The Kier molecular flexibility index (Phi) is 3.53. The van der Waals surface area contributed by atoms with Gasteiger partial charge in [-0.3, -0.25) is 0 Å². The lowest BCUT2D eigenvalue weighted by atomic mass is 10.4. The molecule has 0 fully saturated rings. The van der Waals surface area contributed by atoms with E-state index in [-0.39, 0.29) is 0 Å². The molecule has 0 bridgehead atoms. The van der Waals surface area contributed by atoms with Gasteiger partial charge in [0.05, 0.1) is 6.54 Å². The lowest BCUT2D eigenvalue weighted by molar-refractivity contribution is 0.939. The first kappa shape index (κ1) is 9.82. The SMILES string of the molecule is C#CCNc1cc(Cl)nc(CC)n1. The summed E-state index contributed by atoms with van der Waals surface area (Å²) >= 11 is 5.76. The second-order valence-electron chi connectivity index (χ2n) is 2.40. The van der Waals surface area contributed by atoms with Crippen molar-refractivity contribution in [3.05, 3.63) is 17.0 Å². The molecule has 0 spiro atoms. The zero-order valence-corrected chi connectivity index (χ0v) is 8.10. The minimum absolute atomic E-state index is 0.436. The van der Waals surface area contributed by atoms with Gasteiger partial charge in [-0.25, -0.2) is 9.97 Å². The smallest absolute Gasteiger partial charge is 0.134 e. The Bertz CT molecular complexity index is 330. The molecule has 0 amide bonds. The lowest BCUT2D eigenvalue weighted by Gasteiger charge is -2.03. The Labute approximate surface area is 82.5 Å². The Morgan fingerprint density at radius 1 is 1.62 bits per heavy atom. The summed E-state index contributed by atoms with van der Waals surface area (Å²) in [4.78, 5) is 8.21. The topological polar surface area (TPSA) is 37.8 Å². The molecule has 0 atom stereocenters. The summed E-state index contributed by atoms with van der Waals surface area (Å²) in [7, 11) is 0. The van der Waals surface area contributed by atoms with Crippen molar-refractivity contribution in [2.75, 3.05) is 11.9 Å². The van der Waals surface area contributed by atoms with Crippen LogP contribution in [0, 0.1) is 12.3 Å². The number of halogens is 1. The molecule has 13 heavy (non-hydrogen) atoms. The number of rotatable bonds is 3. The van der Waals surface area contributed by atoms with Gasteiger partial charge in [0.1, 0.15) is 16.8 Å². The van der Waals surface area contributed by atoms with Gasteiger partial charge in [0.2, 0.25) is 0 Å². The zero-order chi connectivity index (χ0) is 9.68. The summed E-state index contributed by atoms with van der Waals surface area (Å²) in [5.41, 5.74) is 0. The molecule has 0 aliphatic carbocycles. The van der Waals surface area contributed by atoms with E-state index in [0.29, 0.717) is 23.3 Å². The van der Waals surface area contributed by atoms with Crippen molar-refractivity contribution in [3.63, 3.8) is 0 Å². The van der Waals surface area contributed by atoms with Crippen LogP contribution in [0.3, 0.4) is 0 Å². The van der Waals surface area contributed by atoms with Crippen LogP contribution in [0.2, 0.25) is 5.15 Å². The van der Waals surface area contributed by atoms with Crippen LogP contribution in [-0.2, 0) is 6.42 Å². The van der Waals surface area contributed by atoms with Gasteiger partial charge < -0.3 is 5.32 Å². The molecule has 0 radical (unpaired) electrons. The molecule has 1 aromatic rings. The van der Waals surface area contributed by atoms with Crippen LogP contribution in [0.15, 0.2) is 6.07 Å². The summed E-state index contributed by atoms with van der Waals surface area (Å²) in [6.07, 6.45) is 5.85. The monoisotopic (exact) mass is 195 g/mol. The van der Waals surface area contributed by atoms with E-state index >= 15 is 0 Å². The van der Waals surface area contributed by atoms with Crippen molar-refractivity contribution in [2.24, 2.45) is 0 Å². The van der Waals surface area contributed by atoms with Crippen LogP contribution < -0.4 is 5.32 Å². The highest BCUT2D eigenvalue weighted by atomic mass is 35.5. The molecule has 0 saturated heterocycles. The number of aromatic nitrogens is 2. The molecule has 68 valence electrons. The maximum Gasteiger partial charge on any atom is 0.134 e. The predicted molar refractivity (Wildman–Crippen MR) is 53.7 cm³/mol. The zero-order valence-electron chi connectivity index (χ0n) is 7.34. The van der Waals surface area contributed by atoms with Gasteiger partial charge >= 0.3 is 0 Å². The number of terminal acetylenes is 1. The average Bonchev–Trinajstić information content (AvgIpc) is 2.14. The maximum absolute atomic E-state index is 5.76. The summed E-state index contributed by atoms with van der Waals surface area (Å²) in [5.74, 6) is 3.85. The number of aryl methyl sites for hydroxylation is 1. The van der Waals surface area contributed by atoms with E-state index in [9.17, 15) is 0 Å². The number of nitrogens with zero attached hydrogens (tertiary/aromatic N) is 2. The fraction of sp³-hybridized carbons (Fsp3) is 0.333. The van der Waals surface area contributed by atoms with Crippen molar-refractivity contribution in [3.8, 4) is 12.3 Å². The van der Waals surface area contributed by atoms with Gasteiger partial charge in [-0.05, 0) is 0 Å². The predicted octanol–water partition coefficient (Wildman–Crippen LogP) is 1.74. The number of anilines is 1. The molecule has 0 aromatic carbocycles. The first-order chi connectivity index (χ1) is 6.26. The van der Waals surface area contributed by atoms with E-state index in [1.54, 1.807) is 6.07 Å². The van der Waals surface area contributed by atoms with Crippen LogP contribution in [0.1, 0.15) is 12.7 Å². The molecular weight excluding hydrogens is 186 g/mol. The Morgan fingerprint density at radius 2 is 2.38 bits per heavy atom. The molecule has 3 nitrogen and oxygen atoms in total. The van der Waals surface area contributed by atoms with Gasteiger partial charge in [-0.2, -0.15) is 0 Å². The molecule has 1 rings (SSSR count). The average molecular weight is 196 g/mol. The largest absolute Gasteiger partial charge is 0.359 e. The number of hydrogen-bond acceptors (Lipinski definition) is 3. The van der Waals surface area contributed by atoms with Crippen LogP contribution in [0.25, 0.3) is 0 Å². The minimum Gasteiger partial charge on any atom is -0.359 e. The van der Waals surface area contributed by atoms with Gasteiger partial charge in [0.25, 0.3) is 0 Å². The second kappa shape index (κ2) is 4.68. The molecule has 1 aromatic heterocycles. The Morgan fingerprint density at radius 3 is 3.00 bits per heavy atom. The summed E-state index contributed by atoms with van der Waals surface area (Å²) in [6, 6.07) is 1.65. The standard InChI is InChI=1S/C9H10ClN3/c1-3-5-11-9-6-7(10)12-8(4-2)13-9/h1,6H,4-5H2,2H3,(H,11,12,13). The molecule has 0 aliphatic heterocycles. The summed E-state index contributed by atoms with van der Waals surface area (Å²) < 4.78 is 0. The van der Waals surface area contributed by atoms with Gasteiger partial charge in [-0.15, -0.1) is 6.42 Å². The van der Waals surface area contributed by atoms with E-state index in [2.05, 4.69) is 21.2 Å². The molecule has 0 aliphatic rings. The van der Waals surface area contributed by atoms with Crippen molar-refractivity contribution in [2.45, 2.75) is 13.3 Å². The van der Waals surface area contributed by atoms with Crippen molar-refractivity contribution < 1.29 is 0 Å². The van der Waals surface area contributed by atoms with Crippen LogP contribution in [0.5, 0.6) is 0 Å². The molecule has 0 unspecified atom stereocenters. The van der Waals surface area contributed by atoms with E-state index in [4.69, 9.17) is 18.0 Å². The second-order valence-corrected chi connectivity index (χ2v) is 2.79. The lowest BCUT2D eigenvalue weighted by Crippen LogP contribution is -2.03. The van der Waals surface area contributed by atoms with Crippen molar-refractivity contribution in [1.29, 1.82) is 0 Å². The van der Waals surface area contributed by atoms with Crippen molar-refractivity contribution in [1.82, 2.24) is 9.97 Å². The van der Waals surface area contributed by atoms with Crippen molar-refractivity contribution >= 4 is 17.4 Å². The van der Waals surface area contributed by atoms with Crippen LogP contribution >= 0.6 is 11.6 Å². The minimum atomic E-state index is 0.436. The normalized spacial score (nSPS) is 9.31. The summed E-state index contributed by atoms with van der Waals surface area (Å²) in [5, 5.41) is 3.37.